The number of fused-ring (bicyclic) bond motifs is 1. The number of nitrogens with one attached hydrogen (secondary N) is 1. The quantitative estimate of drug-likeness (QED) is 0.699. The average Bonchev–Trinajstić information content (AvgIpc) is 3.30. The van der Waals surface area contributed by atoms with E-state index in [0.717, 1.165) is 28.8 Å². The molecule has 1 aliphatic heterocycles. The number of rotatable bonds is 4. The van der Waals surface area contributed by atoms with Gasteiger partial charge in [-0.2, -0.15) is 16.6 Å². The molecule has 0 bridgehead atoms. The zero-order chi connectivity index (χ0) is 19.0. The Balaban J connectivity index is 1.81. The van der Waals surface area contributed by atoms with Crippen molar-refractivity contribution >= 4 is 11.3 Å². The Bertz CT molecular complexity index is 1020. The molecule has 3 heterocycles. The first kappa shape index (κ1) is 17.4. The maximum Gasteiger partial charge on any atom is 0.244 e. The third kappa shape index (κ3) is 3.11. The van der Waals surface area contributed by atoms with E-state index in [4.69, 9.17) is 10.5 Å². The summed E-state index contributed by atoms with van der Waals surface area (Å²) in [5, 5.41) is 21.1. The van der Waals surface area contributed by atoms with Gasteiger partial charge in [0.05, 0.1) is 17.2 Å². The third-order valence-electron chi connectivity index (χ3n) is 4.70. The van der Waals surface area contributed by atoms with Gasteiger partial charge in [0.1, 0.15) is 11.6 Å². The second kappa shape index (κ2) is 6.93. The van der Waals surface area contributed by atoms with E-state index < -0.39 is 0 Å². The SMILES string of the molecule is CC(C)Cc1ccc(-c2[nH]nc3c2[C@@H](c2ccsc2)C(C#N)=C(N)O3)cc1. The van der Waals surface area contributed by atoms with Crippen molar-refractivity contribution < 1.29 is 4.74 Å². The third-order valence-corrected chi connectivity index (χ3v) is 5.40. The number of H-pyrrole nitrogens is 1. The molecule has 1 aliphatic rings. The van der Waals surface area contributed by atoms with E-state index in [1.807, 2.05) is 16.8 Å². The van der Waals surface area contributed by atoms with Crippen LogP contribution in [0.2, 0.25) is 0 Å². The zero-order valence-electron chi connectivity index (χ0n) is 15.2. The summed E-state index contributed by atoms with van der Waals surface area (Å²) < 4.78 is 5.64. The zero-order valence-corrected chi connectivity index (χ0v) is 16.0. The van der Waals surface area contributed by atoms with E-state index >= 15 is 0 Å². The summed E-state index contributed by atoms with van der Waals surface area (Å²) in [5.74, 6) is 0.878. The molecule has 4 rings (SSSR count). The molecule has 0 fully saturated rings. The lowest BCUT2D eigenvalue weighted by atomic mass is 9.84. The highest BCUT2D eigenvalue weighted by atomic mass is 32.1. The Morgan fingerprint density at radius 1 is 1.30 bits per heavy atom. The van der Waals surface area contributed by atoms with Crippen LogP contribution in [-0.2, 0) is 6.42 Å². The lowest BCUT2D eigenvalue weighted by Gasteiger charge is -2.23. The highest BCUT2D eigenvalue weighted by Crippen LogP contribution is 2.45. The maximum atomic E-state index is 9.68. The van der Waals surface area contributed by atoms with Gasteiger partial charge in [-0.1, -0.05) is 38.1 Å². The van der Waals surface area contributed by atoms with Crippen LogP contribution in [-0.4, -0.2) is 10.2 Å². The first-order chi connectivity index (χ1) is 13.1. The fourth-order valence-electron chi connectivity index (χ4n) is 3.52. The number of allylic oxidation sites excluding steroid dienone is 1. The van der Waals surface area contributed by atoms with Crippen molar-refractivity contribution in [1.29, 1.82) is 5.26 Å². The Morgan fingerprint density at radius 3 is 2.70 bits per heavy atom. The van der Waals surface area contributed by atoms with Gasteiger partial charge in [0.15, 0.2) is 0 Å². The van der Waals surface area contributed by atoms with Gasteiger partial charge in [0, 0.05) is 5.56 Å². The number of hydrogen-bond acceptors (Lipinski definition) is 5. The molecular formula is C21H20N4OS. The minimum absolute atomic E-state index is 0.117. The molecule has 5 nitrogen and oxygen atoms in total. The smallest absolute Gasteiger partial charge is 0.244 e. The topological polar surface area (TPSA) is 87.7 Å². The normalized spacial score (nSPS) is 16.1. The maximum absolute atomic E-state index is 9.68. The second-order valence-corrected chi connectivity index (χ2v) is 7.87. The predicted molar refractivity (Wildman–Crippen MR) is 106 cm³/mol. The highest BCUT2D eigenvalue weighted by Gasteiger charge is 2.35. The van der Waals surface area contributed by atoms with Crippen LogP contribution in [0.25, 0.3) is 11.3 Å². The van der Waals surface area contributed by atoms with Crippen LogP contribution in [0.5, 0.6) is 5.88 Å². The summed E-state index contributed by atoms with van der Waals surface area (Å²) in [4.78, 5) is 0. The van der Waals surface area contributed by atoms with Gasteiger partial charge in [0.2, 0.25) is 11.8 Å². The van der Waals surface area contributed by atoms with Gasteiger partial charge in [0.25, 0.3) is 0 Å². The number of ether oxygens (including phenoxy) is 1. The first-order valence-corrected chi connectivity index (χ1v) is 9.80. The van der Waals surface area contributed by atoms with Crippen LogP contribution in [0.4, 0.5) is 0 Å². The molecule has 0 aliphatic carbocycles. The summed E-state index contributed by atoms with van der Waals surface area (Å²) in [6.45, 7) is 4.42. The standard InChI is InChI=1S/C21H20N4OS/c1-12(2)9-13-3-5-14(6-4-13)19-18-17(15-7-8-27-11-15)16(10-22)20(23)26-21(18)25-24-19/h3-8,11-12,17H,9,23H2,1-2H3,(H,24,25)/t17-/m0/s1. The second-order valence-electron chi connectivity index (χ2n) is 7.09. The summed E-state index contributed by atoms with van der Waals surface area (Å²) in [6.07, 6.45) is 1.04. The number of nitrogens with two attached hydrogens (primary N) is 1. The van der Waals surface area contributed by atoms with Crippen LogP contribution in [0.15, 0.2) is 52.5 Å². The molecule has 0 spiro atoms. The number of thiophene rings is 1. The van der Waals surface area contributed by atoms with E-state index in [9.17, 15) is 5.26 Å². The van der Waals surface area contributed by atoms with Gasteiger partial charge in [-0.3, -0.25) is 5.10 Å². The van der Waals surface area contributed by atoms with E-state index in [1.165, 1.54) is 5.56 Å². The van der Waals surface area contributed by atoms with Crippen molar-refractivity contribution in [2.24, 2.45) is 11.7 Å². The van der Waals surface area contributed by atoms with Gasteiger partial charge in [-0.25, -0.2) is 0 Å². The van der Waals surface area contributed by atoms with E-state index in [1.54, 1.807) is 11.3 Å². The molecule has 0 amide bonds. The Labute approximate surface area is 162 Å². The summed E-state index contributed by atoms with van der Waals surface area (Å²) in [5.41, 5.74) is 11.5. The monoisotopic (exact) mass is 376 g/mol. The van der Waals surface area contributed by atoms with Crippen molar-refractivity contribution in [3.8, 4) is 23.2 Å². The van der Waals surface area contributed by atoms with E-state index in [-0.39, 0.29) is 11.8 Å². The van der Waals surface area contributed by atoms with Crippen LogP contribution in [0.1, 0.15) is 36.5 Å². The molecule has 3 aromatic rings. The number of aromatic nitrogens is 2. The van der Waals surface area contributed by atoms with Gasteiger partial charge >= 0.3 is 0 Å². The molecule has 136 valence electrons. The number of nitriles is 1. The van der Waals surface area contributed by atoms with Crippen LogP contribution < -0.4 is 10.5 Å². The molecule has 6 heteroatoms. The fourth-order valence-corrected chi connectivity index (χ4v) is 4.20. The Hall–Kier alpha value is -3.04. The molecule has 3 N–H and O–H groups in total. The number of hydrogen-bond donors (Lipinski definition) is 2. The van der Waals surface area contributed by atoms with Crippen molar-refractivity contribution in [2.75, 3.05) is 0 Å². The van der Waals surface area contributed by atoms with Crippen molar-refractivity contribution in [3.05, 3.63) is 69.2 Å². The number of benzene rings is 1. The van der Waals surface area contributed by atoms with Crippen LogP contribution in [0.3, 0.4) is 0 Å². The molecule has 0 unspecified atom stereocenters. The lowest BCUT2D eigenvalue weighted by Crippen LogP contribution is -2.20. The molecule has 2 aromatic heterocycles. The van der Waals surface area contributed by atoms with Crippen LogP contribution in [0, 0.1) is 17.2 Å². The average molecular weight is 376 g/mol. The molecule has 0 radical (unpaired) electrons. The molecule has 0 saturated heterocycles. The van der Waals surface area contributed by atoms with Crippen molar-refractivity contribution in [2.45, 2.75) is 26.2 Å². The van der Waals surface area contributed by atoms with E-state index in [0.29, 0.717) is 17.4 Å². The fraction of sp³-hybridized carbons (Fsp3) is 0.238. The molecular weight excluding hydrogens is 356 g/mol. The first-order valence-electron chi connectivity index (χ1n) is 8.85. The Kier molecular flexibility index (Phi) is 4.46. The summed E-state index contributed by atoms with van der Waals surface area (Å²) >= 11 is 1.59. The molecule has 27 heavy (non-hydrogen) atoms. The number of aromatic amines is 1. The summed E-state index contributed by atoms with van der Waals surface area (Å²) in [6, 6.07) is 12.7. The minimum atomic E-state index is -0.283. The largest absolute Gasteiger partial charge is 0.420 e. The van der Waals surface area contributed by atoms with Gasteiger partial charge < -0.3 is 10.5 Å². The molecule has 1 atom stereocenters. The van der Waals surface area contributed by atoms with Gasteiger partial charge in [-0.05, 0) is 40.3 Å². The van der Waals surface area contributed by atoms with E-state index in [2.05, 4.69) is 54.4 Å². The van der Waals surface area contributed by atoms with Crippen molar-refractivity contribution in [1.82, 2.24) is 10.2 Å². The summed E-state index contributed by atoms with van der Waals surface area (Å²) in [7, 11) is 0. The molecule has 0 saturated carbocycles. The highest BCUT2D eigenvalue weighted by molar-refractivity contribution is 7.08. The van der Waals surface area contributed by atoms with Crippen molar-refractivity contribution in [3.63, 3.8) is 0 Å². The minimum Gasteiger partial charge on any atom is -0.420 e. The van der Waals surface area contributed by atoms with Gasteiger partial charge in [-0.15, -0.1) is 5.10 Å². The van der Waals surface area contributed by atoms with Crippen LogP contribution >= 0.6 is 11.3 Å². The molecule has 1 aromatic carbocycles. The number of nitrogens with zero attached hydrogens (tertiary/aromatic N) is 2. The lowest BCUT2D eigenvalue weighted by molar-refractivity contribution is 0.379. The predicted octanol–water partition coefficient (Wildman–Crippen LogP) is 4.55. The Morgan fingerprint density at radius 2 is 2.07 bits per heavy atom.